The summed E-state index contributed by atoms with van der Waals surface area (Å²) in [5, 5.41) is 18.8. The molecule has 5 rings (SSSR count). The zero-order valence-electron chi connectivity index (χ0n) is 20.8. The molecule has 1 saturated heterocycles. The number of nitrogens with one attached hydrogen (secondary N) is 2. The van der Waals surface area contributed by atoms with Crippen molar-refractivity contribution in [1.29, 1.82) is 0 Å². The molecule has 0 radical (unpaired) electrons. The fourth-order valence-electron chi connectivity index (χ4n) is 5.58. The van der Waals surface area contributed by atoms with Gasteiger partial charge in [0.05, 0.1) is 17.0 Å². The molecule has 0 saturated carbocycles. The lowest BCUT2D eigenvalue weighted by Crippen LogP contribution is -2.54. The molecule has 2 aliphatic rings. The molecule has 0 aliphatic carbocycles. The van der Waals surface area contributed by atoms with E-state index in [1.165, 1.54) is 5.56 Å². The Balaban J connectivity index is 1.54. The van der Waals surface area contributed by atoms with Gasteiger partial charge in [-0.05, 0) is 66.0 Å². The van der Waals surface area contributed by atoms with Gasteiger partial charge < -0.3 is 14.8 Å². The van der Waals surface area contributed by atoms with E-state index in [4.69, 9.17) is 9.47 Å². The molecule has 1 amide bonds. The normalized spacial score (nSPS) is 24.1. The Kier molecular flexibility index (Phi) is 6.68. The van der Waals surface area contributed by atoms with E-state index < -0.39 is 23.4 Å². The maximum atomic E-state index is 13.3. The number of ether oxygens (including phenoxy) is 2. The highest BCUT2D eigenvalue weighted by atomic mass is 79.9. The number of carbonyl (C=O) groups is 1. The monoisotopic (exact) mass is 565 g/mol. The zero-order valence-corrected chi connectivity index (χ0v) is 22.4. The molecule has 1 spiro atoms. The number of amides is 1. The van der Waals surface area contributed by atoms with Gasteiger partial charge in [-0.2, -0.15) is 0 Å². The Morgan fingerprint density at radius 1 is 1.11 bits per heavy atom. The number of benzene rings is 3. The average molecular weight is 566 g/mol. The molecule has 0 unspecified atom stereocenters. The Morgan fingerprint density at radius 2 is 1.84 bits per heavy atom. The predicted octanol–water partition coefficient (Wildman–Crippen LogP) is 5.30. The second-order valence-corrected chi connectivity index (χ2v) is 10.4. The van der Waals surface area contributed by atoms with Crippen molar-refractivity contribution in [3.8, 4) is 11.5 Å². The van der Waals surface area contributed by atoms with Gasteiger partial charge in [-0.15, -0.1) is 0 Å². The van der Waals surface area contributed by atoms with Crippen LogP contribution in [0.4, 0.5) is 5.69 Å². The van der Waals surface area contributed by atoms with Gasteiger partial charge in [0.1, 0.15) is 6.61 Å². The van der Waals surface area contributed by atoms with Crippen LogP contribution in [0, 0.1) is 17.0 Å². The number of anilines is 1. The standard InChI is InChI=1S/C28H28BrN3O5/c1-4-36-23-14-19(13-21(29)25(23)37-15-18-11-9-16(2)10-12-18)24-17(3)31-28(26(24)32(34)35)20-7-5-6-8-22(20)30-27(28)33/h5-14,17,24,26,31H,4,15H2,1-3H3,(H,30,33)/t17-,24-,26-,28+/m0/s1. The number of halogens is 1. The van der Waals surface area contributed by atoms with Crippen molar-refractivity contribution in [1.82, 2.24) is 5.32 Å². The van der Waals surface area contributed by atoms with E-state index in [1.807, 2.05) is 51.1 Å². The van der Waals surface area contributed by atoms with E-state index in [9.17, 15) is 14.9 Å². The highest BCUT2D eigenvalue weighted by Gasteiger charge is 2.67. The van der Waals surface area contributed by atoms with E-state index in [2.05, 4.69) is 26.6 Å². The number of rotatable bonds is 7. The molecule has 3 aromatic carbocycles. The number of fused-ring (bicyclic) bond motifs is 2. The van der Waals surface area contributed by atoms with Crippen LogP contribution in [-0.2, 0) is 16.9 Å². The van der Waals surface area contributed by atoms with Crippen molar-refractivity contribution < 1.29 is 19.2 Å². The quantitative estimate of drug-likeness (QED) is 0.297. The third-order valence-corrected chi connectivity index (χ3v) is 7.77. The summed E-state index contributed by atoms with van der Waals surface area (Å²) in [6.07, 6.45) is 0. The second-order valence-electron chi connectivity index (χ2n) is 9.53. The number of carbonyl (C=O) groups excluding carboxylic acids is 1. The molecule has 1 fully saturated rings. The summed E-state index contributed by atoms with van der Waals surface area (Å²) in [6.45, 7) is 6.52. The summed E-state index contributed by atoms with van der Waals surface area (Å²) in [5.41, 5.74) is 2.59. The highest BCUT2D eigenvalue weighted by molar-refractivity contribution is 9.10. The summed E-state index contributed by atoms with van der Waals surface area (Å²) in [6, 6.07) is 17.2. The number of aryl methyl sites for hydroxylation is 1. The molecule has 0 aromatic heterocycles. The first-order valence-electron chi connectivity index (χ1n) is 12.2. The molecule has 192 valence electrons. The van der Waals surface area contributed by atoms with Crippen LogP contribution in [0.15, 0.2) is 65.1 Å². The van der Waals surface area contributed by atoms with Gasteiger partial charge in [0.15, 0.2) is 17.0 Å². The van der Waals surface area contributed by atoms with Crippen LogP contribution in [0.5, 0.6) is 11.5 Å². The molecule has 9 heteroatoms. The van der Waals surface area contributed by atoms with Crippen LogP contribution >= 0.6 is 15.9 Å². The largest absolute Gasteiger partial charge is 0.490 e. The summed E-state index contributed by atoms with van der Waals surface area (Å²) in [7, 11) is 0. The molecular weight excluding hydrogens is 538 g/mol. The molecule has 4 atom stereocenters. The molecule has 8 nitrogen and oxygen atoms in total. The summed E-state index contributed by atoms with van der Waals surface area (Å²) in [5.74, 6) is 0.00655. The maximum Gasteiger partial charge on any atom is 0.256 e. The lowest BCUT2D eigenvalue weighted by Gasteiger charge is -2.26. The van der Waals surface area contributed by atoms with Crippen molar-refractivity contribution in [2.75, 3.05) is 11.9 Å². The number of nitro groups is 1. The molecular formula is C28H28BrN3O5. The number of nitrogens with zero attached hydrogens (tertiary/aromatic N) is 1. The third kappa shape index (κ3) is 4.26. The Morgan fingerprint density at radius 3 is 2.54 bits per heavy atom. The van der Waals surface area contributed by atoms with Crippen molar-refractivity contribution >= 4 is 27.5 Å². The second kappa shape index (κ2) is 9.79. The summed E-state index contributed by atoms with van der Waals surface area (Å²) in [4.78, 5) is 25.6. The maximum absolute atomic E-state index is 13.3. The Bertz CT molecular complexity index is 1360. The molecule has 37 heavy (non-hydrogen) atoms. The van der Waals surface area contributed by atoms with Gasteiger partial charge in [0.25, 0.3) is 11.9 Å². The molecule has 3 aromatic rings. The topological polar surface area (TPSA) is 103 Å². The van der Waals surface area contributed by atoms with Crippen molar-refractivity contribution in [3.05, 3.63) is 97.5 Å². The zero-order chi connectivity index (χ0) is 26.3. The average Bonchev–Trinajstić information content (AvgIpc) is 3.33. The minimum Gasteiger partial charge on any atom is -0.490 e. The smallest absolute Gasteiger partial charge is 0.256 e. The summed E-state index contributed by atoms with van der Waals surface area (Å²) >= 11 is 3.62. The van der Waals surface area contributed by atoms with Gasteiger partial charge in [0.2, 0.25) is 0 Å². The molecule has 2 heterocycles. The van der Waals surface area contributed by atoms with Crippen molar-refractivity contribution in [3.63, 3.8) is 0 Å². The molecule has 2 N–H and O–H groups in total. The fraction of sp³-hybridized carbons (Fsp3) is 0.321. The lowest BCUT2D eigenvalue weighted by atomic mass is 9.78. The van der Waals surface area contributed by atoms with Crippen LogP contribution in [-0.4, -0.2) is 29.5 Å². The molecule has 0 bridgehead atoms. The number of para-hydroxylation sites is 1. The lowest BCUT2D eigenvalue weighted by molar-refractivity contribution is -0.532. The van der Waals surface area contributed by atoms with Crippen LogP contribution in [0.1, 0.15) is 42.0 Å². The van der Waals surface area contributed by atoms with Crippen LogP contribution < -0.4 is 20.1 Å². The summed E-state index contributed by atoms with van der Waals surface area (Å²) < 4.78 is 12.7. The first kappa shape index (κ1) is 25.2. The minimum absolute atomic E-state index is 0.334. The van der Waals surface area contributed by atoms with E-state index in [0.717, 1.165) is 5.56 Å². The number of hydrogen-bond acceptors (Lipinski definition) is 6. The Hall–Kier alpha value is -3.43. The highest BCUT2D eigenvalue weighted by Crippen LogP contribution is 2.51. The van der Waals surface area contributed by atoms with Gasteiger partial charge in [-0.1, -0.05) is 48.0 Å². The van der Waals surface area contributed by atoms with Gasteiger partial charge >= 0.3 is 0 Å². The van der Waals surface area contributed by atoms with Crippen LogP contribution in [0.3, 0.4) is 0 Å². The number of hydrogen-bond donors (Lipinski definition) is 2. The van der Waals surface area contributed by atoms with Crippen molar-refractivity contribution in [2.24, 2.45) is 0 Å². The third-order valence-electron chi connectivity index (χ3n) is 7.18. The SMILES string of the molecule is CCOc1cc([C@@H]2[C@H](C)N[C@@]3(C(=O)Nc4ccccc43)[C@H]2[N+](=O)[O-])cc(Br)c1OCc1ccc(C)cc1. The van der Waals surface area contributed by atoms with Gasteiger partial charge in [-0.3, -0.25) is 20.2 Å². The Labute approximate surface area is 223 Å². The van der Waals surface area contributed by atoms with Crippen molar-refractivity contribution in [2.45, 2.75) is 50.9 Å². The van der Waals surface area contributed by atoms with E-state index >= 15 is 0 Å². The van der Waals surface area contributed by atoms with Crippen LogP contribution in [0.2, 0.25) is 0 Å². The van der Waals surface area contributed by atoms with Gasteiger partial charge in [0, 0.05) is 22.2 Å². The van der Waals surface area contributed by atoms with E-state index in [-0.39, 0.29) is 11.0 Å². The minimum atomic E-state index is -1.47. The van der Waals surface area contributed by atoms with E-state index in [0.29, 0.717) is 46.0 Å². The fourth-order valence-corrected chi connectivity index (χ4v) is 6.15. The molecule has 2 aliphatic heterocycles. The van der Waals surface area contributed by atoms with Crippen LogP contribution in [0.25, 0.3) is 0 Å². The first-order valence-corrected chi connectivity index (χ1v) is 13.0. The first-order chi connectivity index (χ1) is 17.8. The van der Waals surface area contributed by atoms with Gasteiger partial charge in [-0.25, -0.2) is 0 Å². The predicted molar refractivity (Wildman–Crippen MR) is 144 cm³/mol. The van der Waals surface area contributed by atoms with E-state index in [1.54, 1.807) is 30.3 Å².